The summed E-state index contributed by atoms with van der Waals surface area (Å²) in [5.41, 5.74) is 0.228. The first-order valence-electron chi connectivity index (χ1n) is 3.58. The number of nitrogens with one attached hydrogen (secondary N) is 1. The van der Waals surface area contributed by atoms with E-state index in [1.807, 2.05) is 0 Å². The summed E-state index contributed by atoms with van der Waals surface area (Å²) in [5.74, 6) is -3.23. The molecule has 0 radical (unpaired) electrons. The molecule has 1 rings (SSSR count). The zero-order valence-electron chi connectivity index (χ0n) is 6.87. The maximum atomic E-state index is 12.8. The average Bonchev–Trinajstić information content (AvgIpc) is 2.11. The molecule has 0 atom stereocenters. The second-order valence-corrected chi connectivity index (χ2v) is 2.93. The quantitative estimate of drug-likeness (QED) is 0.728. The summed E-state index contributed by atoms with van der Waals surface area (Å²) in [5, 5.41) is 11.5. The largest absolute Gasteiger partial charge is 0.505 e. The highest BCUT2D eigenvalue weighted by molar-refractivity contribution is 6.30. The van der Waals surface area contributed by atoms with Crippen LogP contribution < -0.4 is 5.32 Å². The molecule has 0 saturated heterocycles. The Labute approximate surface area is 79.1 Å². The van der Waals surface area contributed by atoms with Crippen molar-refractivity contribution >= 4 is 11.6 Å². The van der Waals surface area contributed by atoms with Crippen molar-refractivity contribution in [3.05, 3.63) is 28.3 Å². The lowest BCUT2D eigenvalue weighted by Gasteiger charge is -2.06. The lowest BCUT2D eigenvalue weighted by atomic mass is 10.2. The standard InChI is InChI=1S/C8H8ClF2NO/c1-12-3-4-2-5(9)6(10)7(11)8(4)13/h2,12-13H,3H2,1H3. The fourth-order valence-corrected chi connectivity index (χ4v) is 1.17. The second-order valence-electron chi connectivity index (χ2n) is 2.52. The van der Waals surface area contributed by atoms with Crippen molar-refractivity contribution in [1.29, 1.82) is 0 Å². The highest BCUT2D eigenvalue weighted by Crippen LogP contribution is 2.29. The number of benzene rings is 1. The second kappa shape index (κ2) is 3.89. The van der Waals surface area contributed by atoms with Gasteiger partial charge in [-0.15, -0.1) is 0 Å². The maximum Gasteiger partial charge on any atom is 0.202 e. The summed E-state index contributed by atoms with van der Waals surface area (Å²) in [4.78, 5) is 0. The molecule has 0 fully saturated rings. The molecule has 0 heterocycles. The molecule has 0 aliphatic heterocycles. The molecule has 5 heteroatoms. The van der Waals surface area contributed by atoms with Gasteiger partial charge in [-0.25, -0.2) is 4.39 Å². The monoisotopic (exact) mass is 207 g/mol. The Bertz CT molecular complexity index is 330. The fraction of sp³-hybridized carbons (Fsp3) is 0.250. The third kappa shape index (κ3) is 1.89. The van der Waals surface area contributed by atoms with Crippen LogP contribution in [0.5, 0.6) is 5.75 Å². The Kier molecular flexibility index (Phi) is 3.06. The Balaban J connectivity index is 3.24. The molecule has 0 bridgehead atoms. The normalized spacial score (nSPS) is 10.5. The minimum absolute atomic E-state index is 0.225. The van der Waals surface area contributed by atoms with Crippen molar-refractivity contribution in [1.82, 2.24) is 5.32 Å². The molecule has 1 aromatic carbocycles. The lowest BCUT2D eigenvalue weighted by Crippen LogP contribution is -2.06. The van der Waals surface area contributed by atoms with Gasteiger partial charge in [-0.2, -0.15) is 4.39 Å². The minimum atomic E-state index is -1.31. The molecule has 72 valence electrons. The summed E-state index contributed by atoms with van der Waals surface area (Å²) < 4.78 is 25.6. The van der Waals surface area contributed by atoms with E-state index >= 15 is 0 Å². The van der Waals surface area contributed by atoms with Gasteiger partial charge < -0.3 is 10.4 Å². The summed E-state index contributed by atoms with van der Waals surface area (Å²) in [6.07, 6.45) is 0. The molecule has 0 aliphatic carbocycles. The molecule has 1 aromatic rings. The van der Waals surface area contributed by atoms with Crippen LogP contribution in [0, 0.1) is 11.6 Å². The van der Waals surface area contributed by atoms with E-state index in [-0.39, 0.29) is 17.1 Å². The lowest BCUT2D eigenvalue weighted by molar-refractivity contribution is 0.400. The van der Waals surface area contributed by atoms with Gasteiger partial charge in [-0.3, -0.25) is 0 Å². The molecular formula is C8H8ClF2NO. The van der Waals surface area contributed by atoms with Gasteiger partial charge in [0.05, 0.1) is 5.02 Å². The van der Waals surface area contributed by atoms with E-state index in [2.05, 4.69) is 5.32 Å². The summed E-state index contributed by atoms with van der Waals surface area (Å²) >= 11 is 5.37. The molecule has 0 unspecified atom stereocenters. The van der Waals surface area contributed by atoms with Crippen LogP contribution in [0.3, 0.4) is 0 Å². The first-order chi connectivity index (χ1) is 6.07. The zero-order valence-corrected chi connectivity index (χ0v) is 7.62. The van der Waals surface area contributed by atoms with Crippen molar-refractivity contribution in [2.75, 3.05) is 7.05 Å². The van der Waals surface area contributed by atoms with Gasteiger partial charge in [0, 0.05) is 12.1 Å². The molecule has 2 nitrogen and oxygen atoms in total. The van der Waals surface area contributed by atoms with E-state index in [1.165, 1.54) is 6.07 Å². The van der Waals surface area contributed by atoms with Crippen LogP contribution in [-0.2, 0) is 6.54 Å². The molecule has 0 aromatic heterocycles. The minimum Gasteiger partial charge on any atom is -0.505 e. The molecule has 2 N–H and O–H groups in total. The van der Waals surface area contributed by atoms with Crippen LogP contribution >= 0.6 is 11.6 Å². The molecule has 0 spiro atoms. The van der Waals surface area contributed by atoms with Crippen molar-refractivity contribution in [2.24, 2.45) is 0 Å². The molecule has 0 saturated carbocycles. The van der Waals surface area contributed by atoms with Gasteiger partial charge in [0.25, 0.3) is 0 Å². The van der Waals surface area contributed by atoms with E-state index in [0.29, 0.717) is 0 Å². The third-order valence-electron chi connectivity index (χ3n) is 1.58. The van der Waals surface area contributed by atoms with E-state index in [0.717, 1.165) is 0 Å². The van der Waals surface area contributed by atoms with Crippen LogP contribution in [0.2, 0.25) is 5.02 Å². The van der Waals surface area contributed by atoms with Crippen molar-refractivity contribution in [2.45, 2.75) is 6.54 Å². The topological polar surface area (TPSA) is 32.3 Å². The Morgan fingerprint density at radius 1 is 1.46 bits per heavy atom. The molecule has 13 heavy (non-hydrogen) atoms. The average molecular weight is 208 g/mol. The predicted octanol–water partition coefficient (Wildman–Crippen LogP) is 2.04. The number of rotatable bonds is 2. The Morgan fingerprint density at radius 2 is 2.08 bits per heavy atom. The van der Waals surface area contributed by atoms with Crippen LogP contribution in [-0.4, -0.2) is 12.2 Å². The van der Waals surface area contributed by atoms with Crippen LogP contribution in [0.15, 0.2) is 6.07 Å². The van der Waals surface area contributed by atoms with Gasteiger partial charge in [0.2, 0.25) is 5.82 Å². The number of phenolic OH excluding ortho intramolecular Hbond substituents is 1. The Hall–Kier alpha value is -0.870. The zero-order chi connectivity index (χ0) is 10.0. The van der Waals surface area contributed by atoms with Crippen molar-refractivity contribution in [3.63, 3.8) is 0 Å². The van der Waals surface area contributed by atoms with Gasteiger partial charge in [-0.05, 0) is 13.1 Å². The smallest absolute Gasteiger partial charge is 0.202 e. The summed E-state index contributed by atoms with van der Waals surface area (Å²) in [7, 11) is 1.62. The predicted molar refractivity (Wildman–Crippen MR) is 45.8 cm³/mol. The highest BCUT2D eigenvalue weighted by atomic mass is 35.5. The fourth-order valence-electron chi connectivity index (χ4n) is 0.960. The van der Waals surface area contributed by atoms with E-state index in [4.69, 9.17) is 16.7 Å². The first kappa shape index (κ1) is 10.2. The van der Waals surface area contributed by atoms with Gasteiger partial charge in [0.15, 0.2) is 11.6 Å². The van der Waals surface area contributed by atoms with E-state index in [9.17, 15) is 8.78 Å². The van der Waals surface area contributed by atoms with Crippen LogP contribution in [0.1, 0.15) is 5.56 Å². The number of aromatic hydroxyl groups is 1. The van der Waals surface area contributed by atoms with E-state index in [1.54, 1.807) is 7.05 Å². The van der Waals surface area contributed by atoms with Gasteiger partial charge >= 0.3 is 0 Å². The summed E-state index contributed by atoms with van der Waals surface area (Å²) in [6.45, 7) is 0.225. The maximum absolute atomic E-state index is 12.8. The number of phenols is 1. The highest BCUT2D eigenvalue weighted by Gasteiger charge is 2.15. The number of halogens is 3. The van der Waals surface area contributed by atoms with Crippen molar-refractivity contribution in [3.8, 4) is 5.75 Å². The molecule has 0 aliphatic rings. The molecule has 0 amide bonds. The number of hydrogen-bond donors (Lipinski definition) is 2. The molecular weight excluding hydrogens is 200 g/mol. The third-order valence-corrected chi connectivity index (χ3v) is 1.86. The Morgan fingerprint density at radius 3 is 2.62 bits per heavy atom. The van der Waals surface area contributed by atoms with Gasteiger partial charge in [0.1, 0.15) is 0 Å². The van der Waals surface area contributed by atoms with Gasteiger partial charge in [-0.1, -0.05) is 11.6 Å². The summed E-state index contributed by atoms with van der Waals surface area (Å²) in [6, 6.07) is 1.19. The van der Waals surface area contributed by atoms with Crippen LogP contribution in [0.25, 0.3) is 0 Å². The SMILES string of the molecule is CNCc1cc(Cl)c(F)c(F)c1O. The van der Waals surface area contributed by atoms with Crippen LogP contribution in [0.4, 0.5) is 8.78 Å². The van der Waals surface area contributed by atoms with Crippen molar-refractivity contribution < 1.29 is 13.9 Å². The number of hydrogen-bond acceptors (Lipinski definition) is 2. The first-order valence-corrected chi connectivity index (χ1v) is 3.95. The van der Waals surface area contributed by atoms with E-state index < -0.39 is 17.4 Å².